The van der Waals surface area contributed by atoms with Crippen LogP contribution in [0.5, 0.6) is 0 Å². The largest absolute Gasteiger partial charge is 0.467 e. The lowest BCUT2D eigenvalue weighted by atomic mass is 9.89. The fourth-order valence-corrected chi connectivity index (χ4v) is 2.76. The lowest BCUT2D eigenvalue weighted by Crippen LogP contribution is -2.54. The topological polar surface area (TPSA) is 76.1 Å². The number of nitrogens with zero attached hydrogens (tertiary/aromatic N) is 1. The van der Waals surface area contributed by atoms with Crippen molar-refractivity contribution in [1.29, 1.82) is 0 Å². The predicted molar refractivity (Wildman–Crippen MR) is 77.9 cm³/mol. The number of hydrogen-bond donors (Lipinski definition) is 1. The standard InChI is InChI=1S/C15H27NO5/c1-14(2,3)21-13(19)16-10-7-9-15(16,12(18)20-4)8-5-6-11-17/h17H,5-11H2,1-4H3. The van der Waals surface area contributed by atoms with Crippen molar-refractivity contribution in [3.05, 3.63) is 0 Å². The van der Waals surface area contributed by atoms with Crippen LogP contribution in [-0.2, 0) is 14.3 Å². The number of carbonyl (C=O) groups excluding carboxylic acids is 2. The van der Waals surface area contributed by atoms with E-state index in [1.54, 1.807) is 20.8 Å². The molecule has 0 aromatic rings. The average Bonchev–Trinajstić information content (AvgIpc) is 2.81. The van der Waals surface area contributed by atoms with Crippen LogP contribution in [0.2, 0.25) is 0 Å². The second kappa shape index (κ2) is 7.11. The normalized spacial score (nSPS) is 22.2. The SMILES string of the molecule is COC(=O)C1(CCCCO)CCCN1C(=O)OC(C)(C)C. The Balaban J connectivity index is 2.93. The van der Waals surface area contributed by atoms with Gasteiger partial charge in [-0.15, -0.1) is 0 Å². The Morgan fingerprint density at radius 1 is 1.29 bits per heavy atom. The lowest BCUT2D eigenvalue weighted by molar-refractivity contribution is -0.153. The zero-order chi connectivity index (χ0) is 16.1. The molecule has 1 unspecified atom stereocenters. The van der Waals surface area contributed by atoms with Gasteiger partial charge in [-0.1, -0.05) is 0 Å². The van der Waals surface area contributed by atoms with Crippen molar-refractivity contribution in [2.75, 3.05) is 20.3 Å². The maximum Gasteiger partial charge on any atom is 0.411 e. The fourth-order valence-electron chi connectivity index (χ4n) is 2.76. The molecule has 122 valence electrons. The molecular weight excluding hydrogens is 274 g/mol. The number of ether oxygens (including phenoxy) is 2. The van der Waals surface area contributed by atoms with E-state index in [1.807, 2.05) is 0 Å². The Hall–Kier alpha value is -1.30. The zero-order valence-corrected chi connectivity index (χ0v) is 13.5. The molecule has 0 bridgehead atoms. The van der Waals surface area contributed by atoms with Crippen LogP contribution in [0.25, 0.3) is 0 Å². The first-order valence-corrected chi connectivity index (χ1v) is 7.47. The summed E-state index contributed by atoms with van der Waals surface area (Å²) >= 11 is 0. The van der Waals surface area contributed by atoms with Gasteiger partial charge < -0.3 is 14.6 Å². The monoisotopic (exact) mass is 301 g/mol. The molecule has 1 saturated heterocycles. The van der Waals surface area contributed by atoms with E-state index in [-0.39, 0.29) is 6.61 Å². The second-order valence-electron chi connectivity index (χ2n) is 6.44. The van der Waals surface area contributed by atoms with Crippen LogP contribution in [-0.4, -0.2) is 53.5 Å². The van der Waals surface area contributed by atoms with Gasteiger partial charge >= 0.3 is 12.1 Å². The van der Waals surface area contributed by atoms with Crippen LogP contribution in [0.1, 0.15) is 52.9 Å². The molecular formula is C15H27NO5. The number of amides is 1. The number of aliphatic hydroxyl groups excluding tert-OH is 1. The van der Waals surface area contributed by atoms with Gasteiger partial charge in [-0.05, 0) is 52.9 Å². The summed E-state index contributed by atoms with van der Waals surface area (Å²) in [4.78, 5) is 26.2. The minimum Gasteiger partial charge on any atom is -0.467 e. The molecule has 0 aromatic heterocycles. The third-order valence-electron chi connectivity index (χ3n) is 3.67. The minimum absolute atomic E-state index is 0.0731. The third kappa shape index (κ3) is 4.33. The van der Waals surface area contributed by atoms with Crippen LogP contribution in [0.15, 0.2) is 0 Å². The van der Waals surface area contributed by atoms with Crippen molar-refractivity contribution in [2.24, 2.45) is 0 Å². The second-order valence-corrected chi connectivity index (χ2v) is 6.44. The van der Waals surface area contributed by atoms with E-state index in [0.29, 0.717) is 32.2 Å². The molecule has 6 nitrogen and oxygen atoms in total. The molecule has 0 radical (unpaired) electrons. The first-order chi connectivity index (χ1) is 9.77. The maximum absolute atomic E-state index is 12.4. The number of methoxy groups -OCH3 is 1. The number of esters is 1. The van der Waals surface area contributed by atoms with Gasteiger partial charge in [0.2, 0.25) is 0 Å². The van der Waals surface area contributed by atoms with Gasteiger partial charge in [-0.2, -0.15) is 0 Å². The number of rotatable bonds is 5. The van der Waals surface area contributed by atoms with Crippen molar-refractivity contribution < 1.29 is 24.2 Å². The number of unbranched alkanes of at least 4 members (excludes halogenated alkanes) is 1. The molecule has 0 saturated carbocycles. The highest BCUT2D eigenvalue weighted by Gasteiger charge is 2.51. The van der Waals surface area contributed by atoms with E-state index in [2.05, 4.69) is 0 Å². The van der Waals surface area contributed by atoms with Crippen molar-refractivity contribution in [3.8, 4) is 0 Å². The van der Waals surface area contributed by atoms with E-state index in [1.165, 1.54) is 12.0 Å². The van der Waals surface area contributed by atoms with Crippen molar-refractivity contribution in [3.63, 3.8) is 0 Å². The Labute approximate surface area is 126 Å². The minimum atomic E-state index is -0.952. The fraction of sp³-hybridized carbons (Fsp3) is 0.867. The van der Waals surface area contributed by atoms with Gasteiger partial charge in [0.25, 0.3) is 0 Å². The maximum atomic E-state index is 12.4. The van der Waals surface area contributed by atoms with Gasteiger partial charge in [0.05, 0.1) is 7.11 Å². The van der Waals surface area contributed by atoms with Crippen LogP contribution in [0.3, 0.4) is 0 Å². The Bertz CT molecular complexity index is 377. The zero-order valence-electron chi connectivity index (χ0n) is 13.5. The van der Waals surface area contributed by atoms with Crippen molar-refractivity contribution >= 4 is 12.1 Å². The molecule has 21 heavy (non-hydrogen) atoms. The Morgan fingerprint density at radius 2 is 1.95 bits per heavy atom. The molecule has 1 N–H and O–H groups in total. The Kier molecular flexibility index (Phi) is 6.01. The molecule has 1 amide bonds. The Morgan fingerprint density at radius 3 is 2.48 bits per heavy atom. The van der Waals surface area contributed by atoms with Crippen molar-refractivity contribution in [1.82, 2.24) is 4.90 Å². The first-order valence-electron chi connectivity index (χ1n) is 7.47. The van der Waals surface area contributed by atoms with Gasteiger partial charge in [0, 0.05) is 13.2 Å². The summed E-state index contributed by atoms with van der Waals surface area (Å²) in [7, 11) is 1.34. The van der Waals surface area contributed by atoms with E-state index in [0.717, 1.165) is 6.42 Å². The number of aliphatic hydroxyl groups is 1. The smallest absolute Gasteiger partial charge is 0.411 e. The van der Waals surface area contributed by atoms with E-state index >= 15 is 0 Å². The van der Waals surface area contributed by atoms with Gasteiger partial charge in [-0.3, -0.25) is 4.90 Å². The van der Waals surface area contributed by atoms with Crippen LogP contribution >= 0.6 is 0 Å². The summed E-state index contributed by atoms with van der Waals surface area (Å²) < 4.78 is 10.3. The van der Waals surface area contributed by atoms with Crippen LogP contribution < -0.4 is 0 Å². The summed E-state index contributed by atoms with van der Waals surface area (Å²) in [5.74, 6) is -0.399. The first kappa shape index (κ1) is 17.8. The van der Waals surface area contributed by atoms with Gasteiger partial charge in [0.1, 0.15) is 11.1 Å². The molecule has 0 aliphatic carbocycles. The van der Waals surface area contributed by atoms with Gasteiger partial charge in [-0.25, -0.2) is 9.59 Å². The molecule has 1 fully saturated rings. The van der Waals surface area contributed by atoms with E-state index in [4.69, 9.17) is 14.6 Å². The van der Waals surface area contributed by atoms with Crippen LogP contribution in [0.4, 0.5) is 4.79 Å². The van der Waals surface area contributed by atoms with E-state index < -0.39 is 23.2 Å². The number of hydrogen-bond acceptors (Lipinski definition) is 5. The van der Waals surface area contributed by atoms with Crippen LogP contribution in [0, 0.1) is 0 Å². The molecule has 1 heterocycles. The van der Waals surface area contributed by atoms with Gasteiger partial charge in [0.15, 0.2) is 0 Å². The highest BCUT2D eigenvalue weighted by molar-refractivity contribution is 5.86. The third-order valence-corrected chi connectivity index (χ3v) is 3.67. The summed E-state index contributed by atoms with van der Waals surface area (Å²) in [6.07, 6.45) is 2.58. The highest BCUT2D eigenvalue weighted by atomic mass is 16.6. The number of likely N-dealkylation sites (tertiary alicyclic amines) is 1. The molecule has 1 atom stereocenters. The summed E-state index contributed by atoms with van der Waals surface area (Å²) in [5, 5.41) is 8.93. The molecule has 0 spiro atoms. The lowest BCUT2D eigenvalue weighted by Gasteiger charge is -2.36. The molecule has 1 aliphatic heterocycles. The quantitative estimate of drug-likeness (QED) is 0.621. The molecule has 6 heteroatoms. The summed E-state index contributed by atoms with van der Waals surface area (Å²) in [6, 6.07) is 0. The van der Waals surface area contributed by atoms with Crippen molar-refractivity contribution in [2.45, 2.75) is 64.0 Å². The molecule has 0 aromatic carbocycles. The summed E-state index contributed by atoms with van der Waals surface area (Å²) in [6.45, 7) is 5.96. The van der Waals surface area contributed by atoms with E-state index in [9.17, 15) is 9.59 Å². The molecule has 1 aliphatic rings. The highest BCUT2D eigenvalue weighted by Crippen LogP contribution is 2.36. The average molecular weight is 301 g/mol. The predicted octanol–water partition coefficient (Wildman–Crippen LogP) is 2.09. The number of carbonyl (C=O) groups is 2. The molecule has 1 rings (SSSR count). The summed E-state index contributed by atoms with van der Waals surface area (Å²) in [5.41, 5.74) is -1.56.